The van der Waals surface area contributed by atoms with Gasteiger partial charge in [-0.1, -0.05) is 30.3 Å². The van der Waals surface area contributed by atoms with Crippen LogP contribution in [-0.4, -0.2) is 85.9 Å². The van der Waals surface area contributed by atoms with Crippen LogP contribution in [-0.2, 0) is 20.8 Å². The number of carbonyl (C=O) groups is 1. The second kappa shape index (κ2) is 9.15. The SMILES string of the molecule is O=C(CN1CCC(C2OCCO2)CC1)N1CCN(Cc2ccccc2)CC1. The smallest absolute Gasteiger partial charge is 0.236 e. The fourth-order valence-electron chi connectivity index (χ4n) is 4.32. The van der Waals surface area contributed by atoms with Gasteiger partial charge in [0.2, 0.25) is 5.91 Å². The van der Waals surface area contributed by atoms with Crippen LogP contribution >= 0.6 is 0 Å². The number of benzene rings is 1. The van der Waals surface area contributed by atoms with Crippen LogP contribution in [0.3, 0.4) is 0 Å². The van der Waals surface area contributed by atoms with Crippen molar-refractivity contribution in [3.63, 3.8) is 0 Å². The van der Waals surface area contributed by atoms with Crippen LogP contribution in [0.4, 0.5) is 0 Å². The van der Waals surface area contributed by atoms with E-state index in [1.807, 2.05) is 4.90 Å². The fourth-order valence-corrected chi connectivity index (χ4v) is 4.32. The van der Waals surface area contributed by atoms with Crippen LogP contribution in [0.5, 0.6) is 0 Å². The van der Waals surface area contributed by atoms with E-state index in [9.17, 15) is 4.79 Å². The van der Waals surface area contributed by atoms with Crippen molar-refractivity contribution in [2.45, 2.75) is 25.7 Å². The first kappa shape index (κ1) is 18.9. The van der Waals surface area contributed by atoms with E-state index in [1.165, 1.54) is 5.56 Å². The molecule has 1 aromatic carbocycles. The normalized spacial score (nSPS) is 23.8. The van der Waals surface area contributed by atoms with Crippen LogP contribution in [0.15, 0.2) is 30.3 Å². The molecule has 6 nitrogen and oxygen atoms in total. The lowest BCUT2D eigenvalue weighted by atomic mass is 9.96. The lowest BCUT2D eigenvalue weighted by Crippen LogP contribution is -2.51. The molecule has 0 spiro atoms. The van der Waals surface area contributed by atoms with Crippen LogP contribution < -0.4 is 0 Å². The van der Waals surface area contributed by atoms with Crippen LogP contribution in [0.25, 0.3) is 0 Å². The molecular weight excluding hydrogens is 342 g/mol. The molecule has 0 bridgehead atoms. The minimum atomic E-state index is -0.0134. The van der Waals surface area contributed by atoms with Gasteiger partial charge in [-0.2, -0.15) is 0 Å². The largest absolute Gasteiger partial charge is 0.350 e. The van der Waals surface area contributed by atoms with Crippen molar-refractivity contribution in [1.82, 2.24) is 14.7 Å². The first-order valence-corrected chi connectivity index (χ1v) is 10.3. The van der Waals surface area contributed by atoms with Crippen LogP contribution in [0.1, 0.15) is 18.4 Å². The van der Waals surface area contributed by atoms with E-state index < -0.39 is 0 Å². The van der Waals surface area contributed by atoms with Gasteiger partial charge in [0.15, 0.2) is 6.29 Å². The summed E-state index contributed by atoms with van der Waals surface area (Å²) in [4.78, 5) is 19.5. The van der Waals surface area contributed by atoms with Crippen molar-refractivity contribution in [2.75, 3.05) is 59.0 Å². The third-order valence-electron chi connectivity index (χ3n) is 6.00. The summed E-state index contributed by atoms with van der Waals surface area (Å²) >= 11 is 0. The van der Waals surface area contributed by atoms with E-state index in [2.05, 4.69) is 40.1 Å². The highest BCUT2D eigenvalue weighted by Gasteiger charge is 2.31. The Labute approximate surface area is 162 Å². The number of nitrogens with zero attached hydrogens (tertiary/aromatic N) is 3. The van der Waals surface area contributed by atoms with Gasteiger partial charge in [0.1, 0.15) is 0 Å². The van der Waals surface area contributed by atoms with Crippen molar-refractivity contribution < 1.29 is 14.3 Å². The van der Waals surface area contributed by atoms with E-state index in [1.54, 1.807) is 0 Å². The number of hydrogen-bond acceptors (Lipinski definition) is 5. The third kappa shape index (κ3) is 5.08. The summed E-state index contributed by atoms with van der Waals surface area (Å²) in [6.07, 6.45) is 2.10. The van der Waals surface area contributed by atoms with Gasteiger partial charge in [0, 0.05) is 38.6 Å². The highest BCUT2D eigenvalue weighted by atomic mass is 16.7. The molecule has 6 heteroatoms. The maximum atomic E-state index is 12.7. The van der Waals surface area contributed by atoms with Gasteiger partial charge in [-0.25, -0.2) is 0 Å². The second-order valence-corrected chi connectivity index (χ2v) is 7.87. The lowest BCUT2D eigenvalue weighted by Gasteiger charge is -2.37. The highest BCUT2D eigenvalue weighted by molar-refractivity contribution is 5.78. The molecule has 27 heavy (non-hydrogen) atoms. The van der Waals surface area contributed by atoms with E-state index in [0.717, 1.165) is 71.9 Å². The molecule has 3 fully saturated rings. The Kier molecular flexibility index (Phi) is 6.39. The summed E-state index contributed by atoms with van der Waals surface area (Å²) in [6, 6.07) is 10.6. The van der Waals surface area contributed by atoms with Crippen molar-refractivity contribution in [2.24, 2.45) is 5.92 Å². The van der Waals surface area contributed by atoms with E-state index in [0.29, 0.717) is 12.5 Å². The predicted molar refractivity (Wildman–Crippen MR) is 103 cm³/mol. The molecule has 0 atom stereocenters. The number of piperazine rings is 1. The van der Waals surface area contributed by atoms with Gasteiger partial charge in [0.25, 0.3) is 0 Å². The number of rotatable bonds is 5. The number of piperidine rings is 1. The van der Waals surface area contributed by atoms with E-state index in [4.69, 9.17) is 9.47 Å². The molecular formula is C21H31N3O3. The molecule has 0 aromatic heterocycles. The Morgan fingerprint density at radius 2 is 1.56 bits per heavy atom. The molecule has 3 saturated heterocycles. The standard InChI is InChI=1S/C21H31N3O3/c25-20(17-22-8-6-19(7-9-22)21-26-14-15-27-21)24-12-10-23(11-13-24)16-18-4-2-1-3-5-18/h1-5,19,21H,6-17H2. The molecule has 0 radical (unpaired) electrons. The third-order valence-corrected chi connectivity index (χ3v) is 6.00. The van der Waals surface area contributed by atoms with Gasteiger partial charge in [-0.05, 0) is 31.5 Å². The Hall–Kier alpha value is -1.47. The quantitative estimate of drug-likeness (QED) is 0.781. The molecule has 0 saturated carbocycles. The molecule has 1 aromatic rings. The van der Waals surface area contributed by atoms with Crippen molar-refractivity contribution in [3.05, 3.63) is 35.9 Å². The van der Waals surface area contributed by atoms with Gasteiger partial charge >= 0.3 is 0 Å². The summed E-state index contributed by atoms with van der Waals surface area (Å²) in [6.45, 7) is 8.50. The number of carbonyl (C=O) groups excluding carboxylic acids is 1. The van der Waals surface area contributed by atoms with Crippen molar-refractivity contribution in [1.29, 1.82) is 0 Å². The molecule has 0 unspecified atom stereocenters. The Balaban J connectivity index is 1.17. The monoisotopic (exact) mass is 373 g/mol. The summed E-state index contributed by atoms with van der Waals surface area (Å²) in [5.41, 5.74) is 1.34. The highest BCUT2D eigenvalue weighted by Crippen LogP contribution is 2.25. The molecule has 3 heterocycles. The number of amides is 1. The van der Waals surface area contributed by atoms with Gasteiger partial charge in [-0.3, -0.25) is 14.6 Å². The number of hydrogen-bond donors (Lipinski definition) is 0. The number of likely N-dealkylation sites (tertiary alicyclic amines) is 1. The van der Waals surface area contributed by atoms with E-state index >= 15 is 0 Å². The summed E-state index contributed by atoms with van der Waals surface area (Å²) in [7, 11) is 0. The fraction of sp³-hybridized carbons (Fsp3) is 0.667. The Morgan fingerprint density at radius 1 is 0.889 bits per heavy atom. The minimum Gasteiger partial charge on any atom is -0.350 e. The van der Waals surface area contributed by atoms with Crippen LogP contribution in [0, 0.1) is 5.92 Å². The molecule has 4 rings (SSSR count). The second-order valence-electron chi connectivity index (χ2n) is 7.87. The zero-order valence-corrected chi connectivity index (χ0v) is 16.1. The topological polar surface area (TPSA) is 45.3 Å². The minimum absolute atomic E-state index is 0.0134. The molecule has 3 aliphatic heterocycles. The Morgan fingerprint density at radius 3 is 2.22 bits per heavy atom. The number of ether oxygens (including phenoxy) is 2. The maximum absolute atomic E-state index is 12.7. The molecule has 0 N–H and O–H groups in total. The molecule has 1 amide bonds. The maximum Gasteiger partial charge on any atom is 0.236 e. The lowest BCUT2D eigenvalue weighted by molar-refractivity contribution is -0.135. The summed E-state index contributed by atoms with van der Waals surface area (Å²) in [5, 5.41) is 0. The zero-order chi connectivity index (χ0) is 18.5. The summed E-state index contributed by atoms with van der Waals surface area (Å²) < 4.78 is 11.3. The average Bonchev–Trinajstić information content (AvgIpc) is 3.25. The predicted octanol–water partition coefficient (Wildman–Crippen LogP) is 1.42. The van der Waals surface area contributed by atoms with Crippen molar-refractivity contribution >= 4 is 5.91 Å². The van der Waals surface area contributed by atoms with E-state index in [-0.39, 0.29) is 12.2 Å². The Bertz CT molecular complexity index is 590. The van der Waals surface area contributed by atoms with Crippen LogP contribution in [0.2, 0.25) is 0 Å². The van der Waals surface area contributed by atoms with Gasteiger partial charge in [-0.15, -0.1) is 0 Å². The average molecular weight is 373 g/mol. The van der Waals surface area contributed by atoms with Gasteiger partial charge < -0.3 is 14.4 Å². The zero-order valence-electron chi connectivity index (χ0n) is 16.1. The molecule has 148 valence electrons. The summed E-state index contributed by atoms with van der Waals surface area (Å²) in [5.74, 6) is 0.765. The first-order chi connectivity index (χ1) is 13.3. The van der Waals surface area contributed by atoms with Gasteiger partial charge in [0.05, 0.1) is 19.8 Å². The van der Waals surface area contributed by atoms with Crippen molar-refractivity contribution in [3.8, 4) is 0 Å². The first-order valence-electron chi connectivity index (χ1n) is 10.3. The molecule has 3 aliphatic rings. The molecule has 0 aliphatic carbocycles.